The minimum atomic E-state index is -0.0548. The lowest BCUT2D eigenvalue weighted by Gasteiger charge is -2.63. The van der Waals surface area contributed by atoms with Crippen LogP contribution in [0.5, 0.6) is 0 Å². The summed E-state index contributed by atoms with van der Waals surface area (Å²) in [5.41, 5.74) is 0.799. The standard InChI is InChI=1S/C17H23N3O2S/c1-3-22-14-9-13(17(14)6-4-7-17)20(2)11-15(21)19-16-12(10-18)5-8-23-16/h5,8,13-14H,3-4,6-7,9,11H2,1-2H3,(H,19,21)/t13-,14-/m0/s1. The summed E-state index contributed by atoms with van der Waals surface area (Å²) in [5, 5.41) is 14.3. The maximum atomic E-state index is 12.3. The predicted molar refractivity (Wildman–Crippen MR) is 90.4 cm³/mol. The molecule has 5 nitrogen and oxygen atoms in total. The van der Waals surface area contributed by atoms with Crippen LogP contribution in [-0.4, -0.2) is 43.2 Å². The number of hydrogen-bond acceptors (Lipinski definition) is 5. The van der Waals surface area contributed by atoms with E-state index in [-0.39, 0.29) is 11.3 Å². The predicted octanol–water partition coefficient (Wildman–Crippen LogP) is 2.84. The number of rotatable bonds is 6. The van der Waals surface area contributed by atoms with Crippen LogP contribution in [-0.2, 0) is 9.53 Å². The van der Waals surface area contributed by atoms with Gasteiger partial charge in [-0.05, 0) is 44.7 Å². The minimum absolute atomic E-state index is 0.0548. The van der Waals surface area contributed by atoms with E-state index in [4.69, 9.17) is 10.00 Å². The molecule has 2 aliphatic rings. The molecule has 0 radical (unpaired) electrons. The zero-order chi connectivity index (χ0) is 16.4. The second kappa shape index (κ2) is 6.60. The average molecular weight is 333 g/mol. The van der Waals surface area contributed by atoms with E-state index in [0.29, 0.717) is 29.3 Å². The molecule has 2 atom stereocenters. The lowest BCUT2D eigenvalue weighted by molar-refractivity contribution is -0.199. The van der Waals surface area contributed by atoms with Gasteiger partial charge in [-0.25, -0.2) is 0 Å². The van der Waals surface area contributed by atoms with Crippen molar-refractivity contribution in [3.05, 3.63) is 17.0 Å². The Balaban J connectivity index is 1.56. The van der Waals surface area contributed by atoms with Crippen molar-refractivity contribution >= 4 is 22.2 Å². The zero-order valence-electron chi connectivity index (χ0n) is 13.7. The quantitative estimate of drug-likeness (QED) is 0.869. The van der Waals surface area contributed by atoms with Crippen molar-refractivity contribution < 1.29 is 9.53 Å². The van der Waals surface area contributed by atoms with E-state index in [0.717, 1.165) is 13.0 Å². The molecular formula is C17H23N3O2S. The van der Waals surface area contributed by atoms with Crippen molar-refractivity contribution in [2.24, 2.45) is 5.41 Å². The first kappa shape index (κ1) is 16.4. The topological polar surface area (TPSA) is 65.4 Å². The van der Waals surface area contributed by atoms with Crippen LogP contribution in [0.3, 0.4) is 0 Å². The average Bonchev–Trinajstić information content (AvgIpc) is 2.88. The fourth-order valence-corrected chi connectivity index (χ4v) is 4.77. The Morgan fingerprint density at radius 3 is 3.00 bits per heavy atom. The Morgan fingerprint density at radius 1 is 1.61 bits per heavy atom. The van der Waals surface area contributed by atoms with E-state index >= 15 is 0 Å². The summed E-state index contributed by atoms with van der Waals surface area (Å²) < 4.78 is 5.87. The summed E-state index contributed by atoms with van der Waals surface area (Å²) in [6.45, 7) is 3.16. The largest absolute Gasteiger partial charge is 0.378 e. The molecule has 0 bridgehead atoms. The van der Waals surface area contributed by atoms with Gasteiger partial charge in [0.05, 0.1) is 18.2 Å². The molecule has 1 aromatic rings. The first-order chi connectivity index (χ1) is 11.1. The number of hydrogen-bond donors (Lipinski definition) is 1. The molecular weight excluding hydrogens is 310 g/mol. The molecule has 1 heterocycles. The fourth-order valence-electron chi connectivity index (χ4n) is 4.02. The Morgan fingerprint density at radius 2 is 2.39 bits per heavy atom. The molecule has 124 valence electrons. The smallest absolute Gasteiger partial charge is 0.239 e. The number of amides is 1. The van der Waals surface area contributed by atoms with Gasteiger partial charge < -0.3 is 10.1 Å². The van der Waals surface area contributed by atoms with Crippen LogP contribution < -0.4 is 5.32 Å². The summed E-state index contributed by atoms with van der Waals surface area (Å²) >= 11 is 1.39. The highest BCUT2D eigenvalue weighted by molar-refractivity contribution is 7.14. The van der Waals surface area contributed by atoms with Gasteiger partial charge in [0.15, 0.2) is 0 Å². The molecule has 0 aliphatic heterocycles. The number of nitrogens with one attached hydrogen (secondary N) is 1. The highest BCUT2D eigenvalue weighted by Gasteiger charge is 2.60. The molecule has 2 aliphatic carbocycles. The Labute approximate surface area is 141 Å². The monoisotopic (exact) mass is 333 g/mol. The van der Waals surface area contributed by atoms with Gasteiger partial charge >= 0.3 is 0 Å². The third-order valence-corrected chi connectivity index (χ3v) is 6.19. The van der Waals surface area contributed by atoms with E-state index < -0.39 is 0 Å². The molecule has 23 heavy (non-hydrogen) atoms. The molecule has 1 aromatic heterocycles. The van der Waals surface area contributed by atoms with Gasteiger partial charge in [0.1, 0.15) is 11.1 Å². The number of nitrogens with zero attached hydrogens (tertiary/aromatic N) is 2. The second-order valence-corrected chi connectivity index (χ2v) is 7.44. The number of ether oxygens (including phenoxy) is 1. The van der Waals surface area contributed by atoms with Crippen molar-refractivity contribution in [2.45, 2.75) is 44.8 Å². The van der Waals surface area contributed by atoms with Crippen molar-refractivity contribution in [3.8, 4) is 6.07 Å². The first-order valence-electron chi connectivity index (χ1n) is 8.20. The molecule has 1 spiro atoms. The van der Waals surface area contributed by atoms with Crippen molar-refractivity contribution in [2.75, 3.05) is 25.5 Å². The molecule has 1 N–H and O–H groups in total. The lowest BCUT2D eigenvalue weighted by atomic mass is 9.50. The van der Waals surface area contributed by atoms with E-state index in [1.807, 2.05) is 19.4 Å². The third kappa shape index (κ3) is 2.89. The van der Waals surface area contributed by atoms with E-state index in [1.165, 1.54) is 30.6 Å². The van der Waals surface area contributed by atoms with Crippen LogP contribution in [0, 0.1) is 16.7 Å². The minimum Gasteiger partial charge on any atom is -0.378 e. The molecule has 6 heteroatoms. The Hall–Kier alpha value is -1.42. The van der Waals surface area contributed by atoms with E-state index in [9.17, 15) is 4.79 Å². The van der Waals surface area contributed by atoms with Crippen molar-refractivity contribution in [3.63, 3.8) is 0 Å². The Kier molecular flexibility index (Phi) is 4.72. The van der Waals surface area contributed by atoms with Crippen molar-refractivity contribution in [1.82, 2.24) is 4.90 Å². The number of carbonyl (C=O) groups is 1. The van der Waals surface area contributed by atoms with Crippen LogP contribution in [0.15, 0.2) is 11.4 Å². The van der Waals surface area contributed by atoms with E-state index in [1.54, 1.807) is 6.07 Å². The SMILES string of the molecule is CCO[C@H]1C[C@H](N(C)CC(=O)Nc2sccc2C#N)C12CCC2. The summed E-state index contributed by atoms with van der Waals surface area (Å²) in [4.78, 5) is 14.4. The van der Waals surface area contributed by atoms with Gasteiger partial charge in [-0.2, -0.15) is 5.26 Å². The van der Waals surface area contributed by atoms with Gasteiger partial charge in [-0.15, -0.1) is 11.3 Å². The molecule has 2 fully saturated rings. The van der Waals surface area contributed by atoms with Gasteiger partial charge in [-0.3, -0.25) is 9.69 Å². The summed E-state index contributed by atoms with van der Waals surface area (Å²) in [7, 11) is 2.02. The Bertz CT molecular complexity index is 618. The molecule has 1 amide bonds. The lowest BCUT2D eigenvalue weighted by Crippen LogP contribution is -2.67. The second-order valence-electron chi connectivity index (χ2n) is 6.52. The molecule has 0 aromatic carbocycles. The number of nitriles is 1. The molecule has 3 rings (SSSR count). The maximum absolute atomic E-state index is 12.3. The summed E-state index contributed by atoms with van der Waals surface area (Å²) in [5.74, 6) is -0.0548. The van der Waals surface area contributed by atoms with Crippen LogP contribution in [0.25, 0.3) is 0 Å². The van der Waals surface area contributed by atoms with Gasteiger partial charge in [0.25, 0.3) is 0 Å². The third-order valence-electron chi connectivity index (χ3n) is 5.36. The molecule has 0 saturated heterocycles. The van der Waals surface area contributed by atoms with Gasteiger partial charge in [-0.1, -0.05) is 6.42 Å². The maximum Gasteiger partial charge on any atom is 0.239 e. The summed E-state index contributed by atoms with van der Waals surface area (Å²) in [6, 6.07) is 4.25. The highest BCUT2D eigenvalue weighted by atomic mass is 32.1. The van der Waals surface area contributed by atoms with Crippen LogP contribution in [0.2, 0.25) is 0 Å². The highest BCUT2D eigenvalue weighted by Crippen LogP contribution is 2.58. The van der Waals surface area contributed by atoms with Crippen LogP contribution in [0.1, 0.15) is 38.2 Å². The normalized spacial score (nSPS) is 24.8. The van der Waals surface area contributed by atoms with Crippen molar-refractivity contribution in [1.29, 1.82) is 5.26 Å². The number of likely N-dealkylation sites (N-methyl/N-ethyl adjacent to an activating group) is 1. The molecule has 0 unspecified atom stereocenters. The summed E-state index contributed by atoms with van der Waals surface area (Å²) in [6.07, 6.45) is 5.05. The van der Waals surface area contributed by atoms with Crippen LogP contribution in [0.4, 0.5) is 5.00 Å². The number of anilines is 1. The van der Waals surface area contributed by atoms with Gasteiger partial charge in [0, 0.05) is 18.1 Å². The van der Waals surface area contributed by atoms with Gasteiger partial charge in [0.2, 0.25) is 5.91 Å². The van der Waals surface area contributed by atoms with E-state index in [2.05, 4.69) is 16.3 Å². The zero-order valence-corrected chi connectivity index (χ0v) is 14.5. The van der Waals surface area contributed by atoms with Crippen LogP contribution >= 0.6 is 11.3 Å². The first-order valence-corrected chi connectivity index (χ1v) is 9.08. The number of carbonyl (C=O) groups excluding carboxylic acids is 1. The molecule has 2 saturated carbocycles. The fraction of sp³-hybridized carbons (Fsp3) is 0.647. The number of thiophene rings is 1.